The lowest BCUT2D eigenvalue weighted by Crippen LogP contribution is -2.40. The highest BCUT2D eigenvalue weighted by Crippen LogP contribution is 2.24. The third-order valence-electron chi connectivity index (χ3n) is 4.16. The first kappa shape index (κ1) is 11.4. The van der Waals surface area contributed by atoms with Crippen LogP contribution in [0.15, 0.2) is 0 Å². The van der Waals surface area contributed by atoms with Crippen LogP contribution in [0.4, 0.5) is 0 Å². The summed E-state index contributed by atoms with van der Waals surface area (Å²) in [5.41, 5.74) is 6.27. The van der Waals surface area contributed by atoms with Gasteiger partial charge in [0.05, 0.1) is 0 Å². The monoisotopic (exact) mass is 210 g/mol. The van der Waals surface area contributed by atoms with Crippen molar-refractivity contribution in [2.75, 3.05) is 19.6 Å². The van der Waals surface area contributed by atoms with Crippen LogP contribution in [0, 0.1) is 5.92 Å². The molecule has 88 valence electrons. The maximum absolute atomic E-state index is 6.27. The van der Waals surface area contributed by atoms with Crippen LogP contribution in [-0.2, 0) is 0 Å². The molecule has 0 spiro atoms. The topological polar surface area (TPSA) is 29.3 Å². The minimum atomic E-state index is 0.481. The molecule has 2 unspecified atom stereocenters. The molecule has 1 aliphatic carbocycles. The highest BCUT2D eigenvalue weighted by atomic mass is 15.1. The van der Waals surface area contributed by atoms with Crippen molar-refractivity contribution in [2.45, 2.75) is 57.4 Å². The first-order chi connectivity index (χ1) is 7.36. The number of piperidine rings is 1. The number of hydrogen-bond donors (Lipinski definition) is 1. The summed E-state index contributed by atoms with van der Waals surface area (Å²) in [5.74, 6) is 0.783. The largest absolute Gasteiger partial charge is 0.327 e. The first-order valence-electron chi connectivity index (χ1n) is 6.84. The van der Waals surface area contributed by atoms with Crippen LogP contribution in [0.3, 0.4) is 0 Å². The molecule has 2 rings (SSSR count). The molecule has 0 aromatic rings. The third-order valence-corrected chi connectivity index (χ3v) is 4.16. The van der Waals surface area contributed by atoms with E-state index < -0.39 is 0 Å². The van der Waals surface area contributed by atoms with Crippen molar-refractivity contribution >= 4 is 0 Å². The van der Waals surface area contributed by atoms with E-state index in [1.54, 1.807) is 0 Å². The lowest BCUT2D eigenvalue weighted by Gasteiger charge is -2.32. The van der Waals surface area contributed by atoms with E-state index in [9.17, 15) is 0 Å². The molecule has 1 saturated heterocycles. The number of rotatable bonds is 2. The van der Waals surface area contributed by atoms with Crippen molar-refractivity contribution in [3.63, 3.8) is 0 Å². The van der Waals surface area contributed by atoms with Crippen LogP contribution in [0.25, 0.3) is 0 Å². The molecule has 1 aliphatic heterocycles. The van der Waals surface area contributed by atoms with Gasteiger partial charge in [-0.15, -0.1) is 0 Å². The number of nitrogens with zero attached hydrogens (tertiary/aromatic N) is 1. The Morgan fingerprint density at radius 2 is 1.53 bits per heavy atom. The van der Waals surface area contributed by atoms with E-state index in [0.717, 1.165) is 5.92 Å². The SMILES string of the molecule is NC1CCCCCC1CN1CCCCC1. The van der Waals surface area contributed by atoms with Crippen LogP contribution in [0.2, 0.25) is 0 Å². The normalized spacial score (nSPS) is 35.0. The van der Waals surface area contributed by atoms with E-state index in [-0.39, 0.29) is 0 Å². The van der Waals surface area contributed by atoms with Gasteiger partial charge < -0.3 is 10.6 Å². The van der Waals surface area contributed by atoms with Gasteiger partial charge in [-0.1, -0.05) is 25.7 Å². The average molecular weight is 210 g/mol. The zero-order chi connectivity index (χ0) is 10.5. The maximum atomic E-state index is 6.27. The van der Waals surface area contributed by atoms with Crippen molar-refractivity contribution in [1.82, 2.24) is 4.90 Å². The molecular formula is C13H26N2. The van der Waals surface area contributed by atoms with Crippen molar-refractivity contribution in [3.8, 4) is 0 Å². The van der Waals surface area contributed by atoms with E-state index in [4.69, 9.17) is 5.73 Å². The molecule has 2 aliphatic rings. The second-order valence-electron chi connectivity index (χ2n) is 5.42. The van der Waals surface area contributed by atoms with Crippen LogP contribution in [0.5, 0.6) is 0 Å². The van der Waals surface area contributed by atoms with Gasteiger partial charge in [0.15, 0.2) is 0 Å². The van der Waals surface area contributed by atoms with Crippen LogP contribution >= 0.6 is 0 Å². The summed E-state index contributed by atoms with van der Waals surface area (Å²) < 4.78 is 0. The van der Waals surface area contributed by atoms with Gasteiger partial charge in [0, 0.05) is 12.6 Å². The van der Waals surface area contributed by atoms with E-state index >= 15 is 0 Å². The van der Waals surface area contributed by atoms with Gasteiger partial charge in [-0.3, -0.25) is 0 Å². The predicted octanol–water partition coefficient (Wildman–Crippen LogP) is 2.38. The Kier molecular flexibility index (Phi) is 4.45. The number of nitrogens with two attached hydrogens (primary N) is 1. The van der Waals surface area contributed by atoms with E-state index in [0.29, 0.717) is 6.04 Å². The second-order valence-corrected chi connectivity index (χ2v) is 5.42. The number of hydrogen-bond acceptors (Lipinski definition) is 2. The van der Waals surface area contributed by atoms with Crippen molar-refractivity contribution in [1.29, 1.82) is 0 Å². The summed E-state index contributed by atoms with van der Waals surface area (Å²) in [6.07, 6.45) is 11.1. The standard InChI is InChI=1S/C13H26N2/c14-13-8-4-1-3-7-12(13)11-15-9-5-2-6-10-15/h12-13H,1-11,14H2. The fraction of sp³-hybridized carbons (Fsp3) is 1.00. The molecule has 0 bridgehead atoms. The van der Waals surface area contributed by atoms with Gasteiger partial charge in [0.2, 0.25) is 0 Å². The second kappa shape index (κ2) is 5.86. The molecule has 2 atom stereocenters. The summed E-state index contributed by atoms with van der Waals surface area (Å²) >= 11 is 0. The molecular weight excluding hydrogens is 184 g/mol. The molecule has 1 heterocycles. The Morgan fingerprint density at radius 1 is 0.867 bits per heavy atom. The molecule has 2 heteroatoms. The Bertz CT molecular complexity index is 175. The molecule has 1 saturated carbocycles. The van der Waals surface area contributed by atoms with Gasteiger partial charge in [0.25, 0.3) is 0 Å². The first-order valence-corrected chi connectivity index (χ1v) is 6.84. The van der Waals surface area contributed by atoms with Crippen LogP contribution < -0.4 is 5.73 Å². The Hall–Kier alpha value is -0.0800. The Morgan fingerprint density at radius 3 is 2.33 bits per heavy atom. The molecule has 0 radical (unpaired) electrons. The summed E-state index contributed by atoms with van der Waals surface area (Å²) in [6, 6.07) is 0.481. The highest BCUT2D eigenvalue weighted by molar-refractivity contribution is 4.80. The van der Waals surface area contributed by atoms with Crippen molar-refractivity contribution in [2.24, 2.45) is 11.7 Å². The highest BCUT2D eigenvalue weighted by Gasteiger charge is 2.23. The maximum Gasteiger partial charge on any atom is 0.00793 e. The third kappa shape index (κ3) is 3.46. The van der Waals surface area contributed by atoms with Crippen molar-refractivity contribution < 1.29 is 0 Å². The van der Waals surface area contributed by atoms with E-state index in [1.165, 1.54) is 71.0 Å². The fourth-order valence-electron chi connectivity index (χ4n) is 3.11. The molecule has 0 amide bonds. The molecule has 2 fully saturated rings. The Balaban J connectivity index is 1.79. The number of likely N-dealkylation sites (tertiary alicyclic amines) is 1. The average Bonchev–Trinajstić information content (AvgIpc) is 2.46. The summed E-state index contributed by atoms with van der Waals surface area (Å²) in [4.78, 5) is 2.65. The quantitative estimate of drug-likeness (QED) is 0.709. The summed E-state index contributed by atoms with van der Waals surface area (Å²) in [5, 5.41) is 0. The van der Waals surface area contributed by atoms with E-state index in [2.05, 4.69) is 4.90 Å². The van der Waals surface area contributed by atoms with Gasteiger partial charge in [-0.2, -0.15) is 0 Å². The van der Waals surface area contributed by atoms with Crippen LogP contribution in [-0.4, -0.2) is 30.6 Å². The molecule has 0 aromatic carbocycles. The van der Waals surface area contributed by atoms with Gasteiger partial charge >= 0.3 is 0 Å². The van der Waals surface area contributed by atoms with Gasteiger partial charge in [-0.05, 0) is 44.7 Å². The molecule has 2 nitrogen and oxygen atoms in total. The van der Waals surface area contributed by atoms with E-state index in [1.807, 2.05) is 0 Å². The predicted molar refractivity (Wildman–Crippen MR) is 64.8 cm³/mol. The van der Waals surface area contributed by atoms with Crippen molar-refractivity contribution in [3.05, 3.63) is 0 Å². The van der Waals surface area contributed by atoms with Gasteiger partial charge in [-0.25, -0.2) is 0 Å². The fourth-order valence-corrected chi connectivity index (χ4v) is 3.11. The minimum absolute atomic E-state index is 0.481. The zero-order valence-electron chi connectivity index (χ0n) is 9.96. The summed E-state index contributed by atoms with van der Waals surface area (Å²) in [7, 11) is 0. The zero-order valence-corrected chi connectivity index (χ0v) is 9.96. The lowest BCUT2D eigenvalue weighted by atomic mass is 9.94. The summed E-state index contributed by atoms with van der Waals surface area (Å²) in [6.45, 7) is 3.92. The molecule has 15 heavy (non-hydrogen) atoms. The Labute approximate surface area is 94.2 Å². The molecule has 2 N–H and O–H groups in total. The lowest BCUT2D eigenvalue weighted by molar-refractivity contribution is 0.178. The van der Waals surface area contributed by atoms with Gasteiger partial charge in [0.1, 0.15) is 0 Å². The smallest absolute Gasteiger partial charge is 0.00793 e. The minimum Gasteiger partial charge on any atom is -0.327 e. The molecule has 0 aromatic heterocycles. The van der Waals surface area contributed by atoms with Crippen LogP contribution in [0.1, 0.15) is 51.4 Å².